The van der Waals surface area contributed by atoms with E-state index < -0.39 is 81.0 Å². The average Bonchev–Trinajstić information content (AvgIpc) is 2.90. The summed E-state index contributed by atoms with van der Waals surface area (Å²) in [6.45, 7) is 1.84. The van der Waals surface area contributed by atoms with Crippen LogP contribution in [0.4, 0.5) is 52.7 Å². The van der Waals surface area contributed by atoms with Gasteiger partial charge in [0.05, 0.1) is 11.1 Å². The van der Waals surface area contributed by atoms with Crippen LogP contribution in [0.25, 0.3) is 11.1 Å². The molecule has 13 heteroatoms. The van der Waals surface area contributed by atoms with Crippen LogP contribution < -0.4 is 4.74 Å². The van der Waals surface area contributed by atoms with Gasteiger partial charge in [0.25, 0.3) is 0 Å². The van der Waals surface area contributed by atoms with E-state index in [9.17, 15) is 52.7 Å². The molecule has 0 aliphatic heterocycles. The highest BCUT2D eigenvalue weighted by Gasteiger charge is 2.43. The molecule has 0 fully saturated rings. The standard InChI is InChI=1S/C33H18F12O/c1-2-3-4-5-17-6-8-19(22(34)10-17)9-7-18-11-23(35)29(24(36)12-18)20-13-25(37)31(26(38)14-20)33(44,45)46-21-15-27(39)30(28(40)16-21)32(41,42)43/h2-3,6,8,10-16H,4-5H2,1H3/b3-2+. The van der Waals surface area contributed by atoms with Gasteiger partial charge in [0.15, 0.2) is 0 Å². The Morgan fingerprint density at radius 1 is 0.652 bits per heavy atom. The van der Waals surface area contributed by atoms with Gasteiger partial charge in [0, 0.05) is 17.7 Å². The van der Waals surface area contributed by atoms with E-state index in [4.69, 9.17) is 0 Å². The Morgan fingerprint density at radius 3 is 1.74 bits per heavy atom. The first-order valence-corrected chi connectivity index (χ1v) is 13.1. The molecule has 0 heterocycles. The van der Waals surface area contributed by atoms with Gasteiger partial charge in [0.1, 0.15) is 57.6 Å². The summed E-state index contributed by atoms with van der Waals surface area (Å²) in [6, 6.07) is 5.28. The summed E-state index contributed by atoms with van der Waals surface area (Å²) in [4.78, 5) is 0. The van der Waals surface area contributed by atoms with Gasteiger partial charge in [-0.05, 0) is 67.3 Å². The van der Waals surface area contributed by atoms with Crippen molar-refractivity contribution in [2.45, 2.75) is 32.1 Å². The average molecular weight is 658 g/mol. The summed E-state index contributed by atoms with van der Waals surface area (Å²) in [5.74, 6) is -9.21. The predicted molar refractivity (Wildman–Crippen MR) is 143 cm³/mol. The van der Waals surface area contributed by atoms with Gasteiger partial charge in [-0.25, -0.2) is 30.7 Å². The van der Waals surface area contributed by atoms with Crippen molar-refractivity contribution in [3.05, 3.63) is 135 Å². The molecule has 0 saturated heterocycles. The van der Waals surface area contributed by atoms with Gasteiger partial charge in [-0.1, -0.05) is 30.1 Å². The fourth-order valence-electron chi connectivity index (χ4n) is 4.37. The van der Waals surface area contributed by atoms with Gasteiger partial charge in [-0.3, -0.25) is 0 Å². The second kappa shape index (κ2) is 13.2. The zero-order valence-corrected chi connectivity index (χ0v) is 23.2. The Labute approximate surface area is 253 Å². The van der Waals surface area contributed by atoms with Gasteiger partial charge in [-0.2, -0.15) is 22.0 Å². The number of allylic oxidation sites excluding steroid dienone is 2. The molecule has 0 amide bonds. The summed E-state index contributed by atoms with van der Waals surface area (Å²) in [5.41, 5.74) is -6.22. The van der Waals surface area contributed by atoms with Crippen molar-refractivity contribution in [3.8, 4) is 28.7 Å². The minimum atomic E-state index is -5.53. The molecule has 0 spiro atoms. The number of benzene rings is 4. The highest BCUT2D eigenvalue weighted by molar-refractivity contribution is 5.67. The lowest BCUT2D eigenvalue weighted by atomic mass is 9.99. The molecule has 0 aromatic heterocycles. The molecule has 0 radical (unpaired) electrons. The molecule has 0 saturated carbocycles. The molecule has 0 atom stereocenters. The Morgan fingerprint density at radius 2 is 1.22 bits per heavy atom. The highest BCUT2D eigenvalue weighted by Crippen LogP contribution is 2.40. The Balaban J connectivity index is 1.61. The first kappa shape index (κ1) is 34.0. The van der Waals surface area contributed by atoms with Crippen molar-refractivity contribution < 1.29 is 57.4 Å². The monoisotopic (exact) mass is 658 g/mol. The molecule has 0 N–H and O–H groups in total. The smallest absolute Gasteiger partial charge is 0.429 e. The minimum absolute atomic E-state index is 0.0793. The van der Waals surface area contributed by atoms with Crippen molar-refractivity contribution in [1.29, 1.82) is 0 Å². The molecule has 4 rings (SSSR count). The van der Waals surface area contributed by atoms with E-state index in [0.717, 1.165) is 0 Å². The predicted octanol–water partition coefficient (Wildman–Crippen LogP) is 10.4. The van der Waals surface area contributed by atoms with Crippen molar-refractivity contribution in [1.82, 2.24) is 0 Å². The number of aryl methyl sites for hydroxylation is 1. The fraction of sp³-hybridized carbons (Fsp3) is 0.152. The molecular weight excluding hydrogens is 640 g/mol. The van der Waals surface area contributed by atoms with Crippen molar-refractivity contribution in [2.75, 3.05) is 0 Å². The lowest BCUT2D eigenvalue weighted by Crippen LogP contribution is -2.25. The number of rotatable bonds is 7. The topological polar surface area (TPSA) is 9.23 Å². The summed E-state index contributed by atoms with van der Waals surface area (Å²) >= 11 is 0. The summed E-state index contributed by atoms with van der Waals surface area (Å²) < 4.78 is 173. The molecule has 4 aromatic rings. The Bertz CT molecular complexity index is 1810. The Kier molecular flexibility index (Phi) is 9.80. The SMILES string of the molecule is C/C=C/CCc1ccc(C#Cc2cc(F)c(-c3cc(F)c(C(F)(F)Oc4cc(F)c(C(F)(F)F)c(F)c4)c(F)c3)c(F)c2)c(F)c1. The van der Waals surface area contributed by atoms with Gasteiger partial charge in [-0.15, -0.1) is 0 Å². The zero-order chi connectivity index (χ0) is 34.0. The maximum Gasteiger partial charge on any atom is 0.432 e. The number of hydrogen-bond acceptors (Lipinski definition) is 1. The molecule has 1 nitrogen and oxygen atoms in total. The number of alkyl halides is 5. The van der Waals surface area contributed by atoms with Gasteiger partial charge < -0.3 is 4.74 Å². The molecule has 240 valence electrons. The zero-order valence-electron chi connectivity index (χ0n) is 23.2. The molecule has 0 bridgehead atoms. The fourth-order valence-corrected chi connectivity index (χ4v) is 4.37. The molecule has 0 unspecified atom stereocenters. The largest absolute Gasteiger partial charge is 0.432 e. The van der Waals surface area contributed by atoms with Crippen molar-refractivity contribution in [3.63, 3.8) is 0 Å². The summed E-state index contributed by atoms with van der Waals surface area (Å²) in [7, 11) is 0. The van der Waals surface area contributed by atoms with E-state index in [1.807, 2.05) is 19.1 Å². The number of hydrogen-bond donors (Lipinski definition) is 0. The van der Waals surface area contributed by atoms with Crippen LogP contribution in [0.2, 0.25) is 0 Å². The van der Waals surface area contributed by atoms with Crippen LogP contribution in [0.5, 0.6) is 5.75 Å². The van der Waals surface area contributed by atoms with Crippen LogP contribution in [0.1, 0.15) is 41.2 Å². The molecule has 46 heavy (non-hydrogen) atoms. The Hall–Kier alpha value is -4.86. The van der Waals surface area contributed by atoms with Crippen molar-refractivity contribution >= 4 is 0 Å². The highest BCUT2D eigenvalue weighted by atomic mass is 19.4. The van der Waals surface area contributed by atoms with Crippen LogP contribution in [0, 0.1) is 52.6 Å². The first-order chi connectivity index (χ1) is 21.5. The molecular formula is C33H18F12O. The quantitative estimate of drug-likeness (QED) is 0.109. The number of ether oxygens (including phenoxy) is 1. The van der Waals surface area contributed by atoms with Crippen molar-refractivity contribution in [2.24, 2.45) is 0 Å². The van der Waals surface area contributed by atoms with Gasteiger partial charge in [0.2, 0.25) is 0 Å². The third-order valence-electron chi connectivity index (χ3n) is 6.42. The minimum Gasteiger partial charge on any atom is -0.429 e. The second-order valence-corrected chi connectivity index (χ2v) is 9.68. The van der Waals surface area contributed by atoms with Crippen LogP contribution in [0.15, 0.2) is 66.7 Å². The van der Waals surface area contributed by atoms with E-state index >= 15 is 0 Å². The summed E-state index contributed by atoms with van der Waals surface area (Å²) in [5, 5.41) is 0. The lowest BCUT2D eigenvalue weighted by molar-refractivity contribution is -0.189. The molecule has 0 aliphatic rings. The lowest BCUT2D eigenvalue weighted by Gasteiger charge is -2.21. The van der Waals surface area contributed by atoms with E-state index in [2.05, 4.69) is 16.6 Å². The van der Waals surface area contributed by atoms with Crippen LogP contribution in [-0.4, -0.2) is 0 Å². The normalized spacial score (nSPS) is 11.9. The number of halogens is 12. The molecule has 4 aromatic carbocycles. The second-order valence-electron chi connectivity index (χ2n) is 9.68. The van der Waals surface area contributed by atoms with Crippen LogP contribution in [-0.2, 0) is 18.7 Å². The maximum atomic E-state index is 14.9. The molecule has 0 aliphatic carbocycles. The maximum absolute atomic E-state index is 14.9. The summed E-state index contributed by atoms with van der Waals surface area (Å²) in [6.07, 6.45) is -5.60. The van der Waals surface area contributed by atoms with E-state index in [1.165, 1.54) is 12.1 Å². The van der Waals surface area contributed by atoms with E-state index in [-0.39, 0.29) is 35.4 Å². The first-order valence-electron chi connectivity index (χ1n) is 13.1. The third kappa shape index (κ3) is 7.50. The van der Waals surface area contributed by atoms with Crippen LogP contribution >= 0.6 is 0 Å². The van der Waals surface area contributed by atoms with Crippen LogP contribution in [0.3, 0.4) is 0 Å². The van der Waals surface area contributed by atoms with E-state index in [1.54, 1.807) is 6.07 Å². The van der Waals surface area contributed by atoms with E-state index in [0.29, 0.717) is 30.5 Å². The van der Waals surface area contributed by atoms with Gasteiger partial charge >= 0.3 is 12.3 Å². The third-order valence-corrected chi connectivity index (χ3v) is 6.42.